The van der Waals surface area contributed by atoms with E-state index >= 15 is 0 Å². The van der Waals surface area contributed by atoms with Crippen molar-refractivity contribution < 1.29 is 0 Å². The lowest BCUT2D eigenvalue weighted by Gasteiger charge is -2.17. The molecule has 3 N–H and O–H groups in total. The van der Waals surface area contributed by atoms with Crippen LogP contribution in [0.4, 0.5) is 0 Å². The minimum atomic E-state index is 0.158. The summed E-state index contributed by atoms with van der Waals surface area (Å²) in [5.74, 6) is 6.66. The average Bonchev–Trinajstić information content (AvgIpc) is 2.49. The fourth-order valence-electron chi connectivity index (χ4n) is 2.23. The number of halogens is 1. The molecule has 4 heteroatoms. The second-order valence-corrected chi connectivity index (χ2v) is 6.99. The van der Waals surface area contributed by atoms with Gasteiger partial charge in [-0.1, -0.05) is 59.6 Å². The summed E-state index contributed by atoms with van der Waals surface area (Å²) in [7, 11) is 0. The van der Waals surface area contributed by atoms with Crippen LogP contribution >= 0.6 is 27.7 Å². The topological polar surface area (TPSA) is 38.0 Å². The van der Waals surface area contributed by atoms with E-state index in [-0.39, 0.29) is 6.04 Å². The van der Waals surface area contributed by atoms with E-state index in [2.05, 4.69) is 70.7 Å². The van der Waals surface area contributed by atoms with Crippen LogP contribution in [0.1, 0.15) is 30.5 Å². The van der Waals surface area contributed by atoms with Gasteiger partial charge in [-0.25, -0.2) is 0 Å². The van der Waals surface area contributed by atoms with Crippen LogP contribution in [0.5, 0.6) is 0 Å². The van der Waals surface area contributed by atoms with E-state index in [0.717, 1.165) is 23.1 Å². The van der Waals surface area contributed by atoms with Gasteiger partial charge >= 0.3 is 0 Å². The highest BCUT2D eigenvalue weighted by Crippen LogP contribution is 2.27. The van der Waals surface area contributed by atoms with Crippen LogP contribution in [0, 0.1) is 0 Å². The van der Waals surface area contributed by atoms with Crippen molar-refractivity contribution in [2.75, 3.05) is 5.75 Å². The van der Waals surface area contributed by atoms with Gasteiger partial charge in [-0.2, -0.15) is 0 Å². The molecule has 2 aromatic carbocycles. The summed E-state index contributed by atoms with van der Waals surface area (Å²) in [6, 6.07) is 17.2. The van der Waals surface area contributed by atoms with E-state index in [4.69, 9.17) is 5.84 Å². The summed E-state index contributed by atoms with van der Waals surface area (Å²) >= 11 is 5.31. The van der Waals surface area contributed by atoms with Crippen molar-refractivity contribution in [3.8, 4) is 0 Å². The minimum Gasteiger partial charge on any atom is -0.271 e. The van der Waals surface area contributed by atoms with Gasteiger partial charge in [0.05, 0.1) is 6.04 Å². The molecule has 0 aliphatic carbocycles. The molecule has 0 saturated carbocycles. The van der Waals surface area contributed by atoms with Gasteiger partial charge in [-0.05, 0) is 35.7 Å². The molecule has 0 fully saturated rings. The molecule has 1 atom stereocenters. The Balaban J connectivity index is 2.04. The smallest absolute Gasteiger partial charge is 0.0554 e. The molecule has 2 nitrogen and oxygen atoms in total. The number of hydrogen-bond donors (Lipinski definition) is 2. The van der Waals surface area contributed by atoms with Crippen LogP contribution in [-0.4, -0.2) is 5.75 Å². The van der Waals surface area contributed by atoms with E-state index in [1.54, 1.807) is 0 Å². The molecule has 1 unspecified atom stereocenters. The largest absolute Gasteiger partial charge is 0.271 e. The van der Waals surface area contributed by atoms with E-state index in [1.165, 1.54) is 16.0 Å². The van der Waals surface area contributed by atoms with Crippen molar-refractivity contribution in [2.24, 2.45) is 5.84 Å². The first kappa shape index (κ1) is 16.6. The highest BCUT2D eigenvalue weighted by molar-refractivity contribution is 9.10. The Hall–Kier alpha value is -0.810. The number of nitrogens with two attached hydrogens (primary N) is 1. The summed E-state index contributed by atoms with van der Waals surface area (Å²) < 4.78 is 1.11. The van der Waals surface area contributed by atoms with Gasteiger partial charge in [0, 0.05) is 15.1 Å². The molecular formula is C17H21BrN2S. The zero-order valence-electron chi connectivity index (χ0n) is 12.2. The van der Waals surface area contributed by atoms with Crippen LogP contribution in [0.2, 0.25) is 0 Å². The first-order valence-corrected chi connectivity index (χ1v) is 8.94. The maximum absolute atomic E-state index is 5.75. The molecule has 2 aromatic rings. The van der Waals surface area contributed by atoms with Crippen LogP contribution in [0.15, 0.2) is 57.9 Å². The molecule has 0 heterocycles. The summed E-state index contributed by atoms with van der Waals surface area (Å²) in [6.07, 6.45) is 2.28. The molecule has 0 aromatic heterocycles. The summed E-state index contributed by atoms with van der Waals surface area (Å²) in [5, 5.41) is 0. The SMILES string of the molecule is CCCc1cccc(C(CSc2cccc(Br)c2)NN)c1. The van der Waals surface area contributed by atoms with E-state index in [9.17, 15) is 0 Å². The Bertz CT molecular complexity index is 574. The number of hydrogen-bond acceptors (Lipinski definition) is 3. The fourth-order valence-corrected chi connectivity index (χ4v) is 3.81. The van der Waals surface area contributed by atoms with Crippen molar-refractivity contribution in [3.05, 3.63) is 64.1 Å². The van der Waals surface area contributed by atoms with Gasteiger partial charge in [0.15, 0.2) is 0 Å². The molecule has 0 aliphatic heterocycles. The predicted molar refractivity (Wildman–Crippen MR) is 95.4 cm³/mol. The predicted octanol–water partition coefficient (Wildman–Crippen LogP) is 4.70. The Morgan fingerprint density at radius 2 is 2.00 bits per heavy atom. The first-order valence-electron chi connectivity index (χ1n) is 7.16. The van der Waals surface area contributed by atoms with Gasteiger partial charge in [-0.15, -0.1) is 11.8 Å². The highest BCUT2D eigenvalue weighted by Gasteiger charge is 2.11. The normalized spacial score (nSPS) is 12.3. The molecule has 0 saturated heterocycles. The van der Waals surface area contributed by atoms with E-state index in [1.807, 2.05) is 17.8 Å². The lowest BCUT2D eigenvalue weighted by Crippen LogP contribution is -2.29. The Labute approximate surface area is 139 Å². The Morgan fingerprint density at radius 3 is 2.71 bits per heavy atom. The molecule has 112 valence electrons. The van der Waals surface area contributed by atoms with Crippen molar-refractivity contribution in [2.45, 2.75) is 30.7 Å². The Morgan fingerprint density at radius 1 is 1.19 bits per heavy atom. The van der Waals surface area contributed by atoms with Gasteiger partial charge < -0.3 is 0 Å². The van der Waals surface area contributed by atoms with Gasteiger partial charge in [0.1, 0.15) is 0 Å². The standard InChI is InChI=1S/C17H21BrN2S/c1-2-5-13-6-3-7-14(10-13)17(20-19)12-21-16-9-4-8-15(18)11-16/h3-4,6-11,17,20H,2,5,12,19H2,1H3. The molecule has 2 rings (SSSR count). The molecule has 0 spiro atoms. The van der Waals surface area contributed by atoms with Crippen LogP contribution < -0.4 is 11.3 Å². The van der Waals surface area contributed by atoms with Gasteiger partial charge in [-0.3, -0.25) is 11.3 Å². The maximum atomic E-state index is 5.75. The van der Waals surface area contributed by atoms with Crippen LogP contribution in [0.3, 0.4) is 0 Å². The minimum absolute atomic E-state index is 0.158. The van der Waals surface area contributed by atoms with E-state index in [0.29, 0.717) is 0 Å². The second kappa shape index (κ2) is 8.59. The number of aryl methyl sites for hydroxylation is 1. The monoisotopic (exact) mass is 364 g/mol. The van der Waals surface area contributed by atoms with Crippen LogP contribution in [-0.2, 0) is 6.42 Å². The zero-order chi connectivity index (χ0) is 15.1. The third kappa shape index (κ3) is 5.15. The molecular weight excluding hydrogens is 344 g/mol. The first-order chi connectivity index (χ1) is 10.2. The lowest BCUT2D eigenvalue weighted by molar-refractivity contribution is 0.610. The average molecular weight is 365 g/mol. The van der Waals surface area contributed by atoms with Gasteiger partial charge in [0.2, 0.25) is 0 Å². The molecule has 0 bridgehead atoms. The fraction of sp³-hybridized carbons (Fsp3) is 0.294. The molecule has 21 heavy (non-hydrogen) atoms. The number of benzene rings is 2. The van der Waals surface area contributed by atoms with E-state index < -0.39 is 0 Å². The third-order valence-corrected chi connectivity index (χ3v) is 4.89. The number of thioether (sulfide) groups is 1. The summed E-state index contributed by atoms with van der Waals surface area (Å²) in [6.45, 7) is 2.20. The number of hydrazine groups is 1. The lowest BCUT2D eigenvalue weighted by atomic mass is 10.0. The highest BCUT2D eigenvalue weighted by atomic mass is 79.9. The number of rotatable bonds is 7. The third-order valence-electron chi connectivity index (χ3n) is 3.31. The second-order valence-electron chi connectivity index (χ2n) is 4.98. The van der Waals surface area contributed by atoms with Crippen molar-refractivity contribution in [1.82, 2.24) is 5.43 Å². The summed E-state index contributed by atoms with van der Waals surface area (Å²) in [4.78, 5) is 1.24. The summed E-state index contributed by atoms with van der Waals surface area (Å²) in [5.41, 5.74) is 5.57. The quantitative estimate of drug-likeness (QED) is 0.424. The molecule has 0 radical (unpaired) electrons. The molecule has 0 aliphatic rings. The zero-order valence-corrected chi connectivity index (χ0v) is 14.6. The molecule has 0 amide bonds. The van der Waals surface area contributed by atoms with Crippen molar-refractivity contribution in [1.29, 1.82) is 0 Å². The Kier molecular flexibility index (Phi) is 6.77. The van der Waals surface area contributed by atoms with Crippen molar-refractivity contribution >= 4 is 27.7 Å². The number of nitrogens with one attached hydrogen (secondary N) is 1. The maximum Gasteiger partial charge on any atom is 0.0554 e. The van der Waals surface area contributed by atoms with Crippen LogP contribution in [0.25, 0.3) is 0 Å². The van der Waals surface area contributed by atoms with Crippen molar-refractivity contribution in [3.63, 3.8) is 0 Å². The van der Waals surface area contributed by atoms with Gasteiger partial charge in [0.25, 0.3) is 0 Å².